The first-order chi connectivity index (χ1) is 22.5. The van der Waals surface area contributed by atoms with Crippen molar-refractivity contribution in [1.29, 1.82) is 0 Å². The van der Waals surface area contributed by atoms with E-state index in [-0.39, 0.29) is 24.5 Å². The fourth-order valence-corrected chi connectivity index (χ4v) is 7.86. The van der Waals surface area contributed by atoms with Crippen molar-refractivity contribution in [3.63, 3.8) is 0 Å². The van der Waals surface area contributed by atoms with Crippen LogP contribution in [-0.4, -0.2) is 61.0 Å². The molecule has 1 aromatic rings. The van der Waals surface area contributed by atoms with E-state index in [1.165, 1.54) is 14.2 Å². The van der Waals surface area contributed by atoms with Crippen molar-refractivity contribution in [2.75, 3.05) is 27.4 Å². The Kier molecular flexibility index (Phi) is 8.97. The van der Waals surface area contributed by atoms with E-state index in [0.29, 0.717) is 18.6 Å². The van der Waals surface area contributed by atoms with E-state index in [1.54, 1.807) is 0 Å². The lowest BCUT2D eigenvalue weighted by Crippen LogP contribution is -2.43. The van der Waals surface area contributed by atoms with Gasteiger partial charge in [0.05, 0.1) is 44.9 Å². The van der Waals surface area contributed by atoms with Crippen LogP contribution in [0.4, 0.5) is 0 Å². The van der Waals surface area contributed by atoms with Crippen LogP contribution < -0.4 is 16.0 Å². The third kappa shape index (κ3) is 5.53. The van der Waals surface area contributed by atoms with Crippen LogP contribution in [0.3, 0.4) is 0 Å². The minimum absolute atomic E-state index is 0.0624. The summed E-state index contributed by atoms with van der Waals surface area (Å²) in [6.07, 6.45) is 13.5. The SMILES string of the molecule is C=Cc1c(C)/c2[nH]/c1=C\C1=NC(=C\C3NC(=C(C)C3CCOOC)/C=C3N=C(/C=2)C2CC=C(C(=O)O)C(COOC)C\32C)/C(C)=C1C. The lowest BCUT2D eigenvalue weighted by molar-refractivity contribution is -0.282. The van der Waals surface area contributed by atoms with E-state index in [4.69, 9.17) is 29.5 Å². The van der Waals surface area contributed by atoms with E-state index < -0.39 is 17.3 Å². The van der Waals surface area contributed by atoms with Crippen LogP contribution in [0.5, 0.6) is 0 Å². The second-order valence-corrected chi connectivity index (χ2v) is 13.0. The maximum atomic E-state index is 12.6. The molecule has 8 bridgehead atoms. The lowest BCUT2D eigenvalue weighted by Gasteiger charge is -2.42. The van der Waals surface area contributed by atoms with E-state index in [0.717, 1.165) is 73.5 Å². The summed E-state index contributed by atoms with van der Waals surface area (Å²) in [6, 6.07) is -0.0624. The molecule has 5 heterocycles. The molecule has 47 heavy (non-hydrogen) atoms. The number of aromatic amines is 1. The Morgan fingerprint density at radius 1 is 1.09 bits per heavy atom. The number of carboxylic acids is 1. The van der Waals surface area contributed by atoms with E-state index >= 15 is 0 Å². The fraction of sp³-hybridized carbons (Fsp3) is 0.432. The Balaban J connectivity index is 1.62. The molecule has 5 atom stereocenters. The van der Waals surface area contributed by atoms with Gasteiger partial charge in [-0.1, -0.05) is 25.7 Å². The summed E-state index contributed by atoms with van der Waals surface area (Å²) in [5, 5.41) is 15.9. The van der Waals surface area contributed by atoms with Gasteiger partial charge in [-0.25, -0.2) is 29.3 Å². The summed E-state index contributed by atoms with van der Waals surface area (Å²) in [5.74, 6) is -1.47. The second kappa shape index (κ2) is 12.8. The fourth-order valence-electron chi connectivity index (χ4n) is 7.86. The monoisotopic (exact) mass is 640 g/mol. The van der Waals surface area contributed by atoms with Crippen LogP contribution in [-0.2, 0) is 24.3 Å². The van der Waals surface area contributed by atoms with Crippen molar-refractivity contribution in [2.24, 2.45) is 33.2 Å². The van der Waals surface area contributed by atoms with Crippen LogP contribution >= 0.6 is 0 Å². The number of H-pyrrole nitrogens is 1. The third-order valence-corrected chi connectivity index (χ3v) is 10.9. The van der Waals surface area contributed by atoms with Gasteiger partial charge in [0.15, 0.2) is 0 Å². The molecule has 1 aliphatic carbocycles. The molecule has 1 aromatic heterocycles. The molecule has 248 valence electrons. The summed E-state index contributed by atoms with van der Waals surface area (Å²) in [4.78, 5) is 47.3. The molecule has 10 heteroatoms. The van der Waals surface area contributed by atoms with Crippen molar-refractivity contribution in [2.45, 2.75) is 53.5 Å². The van der Waals surface area contributed by atoms with Gasteiger partial charge in [-0.3, -0.25) is 4.99 Å². The highest BCUT2D eigenvalue weighted by atomic mass is 17.2. The highest BCUT2D eigenvalue weighted by molar-refractivity contribution is 6.23. The third-order valence-electron chi connectivity index (χ3n) is 10.9. The van der Waals surface area contributed by atoms with Gasteiger partial charge in [0.25, 0.3) is 0 Å². The predicted molar refractivity (Wildman–Crippen MR) is 182 cm³/mol. The van der Waals surface area contributed by atoms with Crippen LogP contribution in [0.2, 0.25) is 0 Å². The summed E-state index contributed by atoms with van der Waals surface area (Å²) in [6.45, 7) is 15.2. The molecule has 4 aliphatic heterocycles. The molecule has 0 spiro atoms. The number of nitrogens with zero attached hydrogens (tertiary/aromatic N) is 2. The van der Waals surface area contributed by atoms with Gasteiger partial charge in [-0.2, -0.15) is 0 Å². The molecule has 6 rings (SSSR count). The Bertz CT molecular complexity index is 1870. The number of aliphatic carboxylic acids is 1. The molecule has 0 saturated heterocycles. The molecule has 0 fully saturated rings. The smallest absolute Gasteiger partial charge is 0.331 e. The zero-order chi connectivity index (χ0) is 33.6. The molecule has 0 radical (unpaired) electrons. The minimum atomic E-state index is -0.963. The van der Waals surface area contributed by atoms with Gasteiger partial charge in [0, 0.05) is 62.1 Å². The second-order valence-electron chi connectivity index (χ2n) is 13.0. The number of aromatic nitrogens is 1. The van der Waals surface area contributed by atoms with Crippen molar-refractivity contribution >= 4 is 35.6 Å². The molecular weight excluding hydrogens is 596 g/mol. The van der Waals surface area contributed by atoms with Crippen molar-refractivity contribution < 1.29 is 29.5 Å². The van der Waals surface area contributed by atoms with Gasteiger partial charge in [0.2, 0.25) is 0 Å². The van der Waals surface area contributed by atoms with E-state index in [9.17, 15) is 9.90 Å². The topological polar surface area (TPSA) is 127 Å². The maximum Gasteiger partial charge on any atom is 0.331 e. The zero-order valence-corrected chi connectivity index (χ0v) is 28.2. The molecule has 5 unspecified atom stereocenters. The Hall–Kier alpha value is -4.09. The average molecular weight is 641 g/mol. The van der Waals surface area contributed by atoms with Gasteiger partial charge in [-0.15, -0.1) is 0 Å². The standard InChI is InChI=1S/C37H44N4O6/c1-9-23-21(4)30-16-34-26-11-10-25(36(42)43)27(18-47-45-8)37(26,6)35(41-34)17-31-22(5)24(12-13-46-44-7)33(40-31)15-29-20(3)19(2)28(38-29)14-32(23)39-30/h9-10,14-17,24,26-27,33,39-40H,1,11-13,18H2,2-8H3,(H,42,43)/b29-15-,30-16+,32-14-,35-17-. The lowest BCUT2D eigenvalue weighted by atomic mass is 9.59. The number of carbonyl (C=O) groups is 1. The van der Waals surface area contributed by atoms with Gasteiger partial charge in [-0.05, 0) is 87.1 Å². The summed E-state index contributed by atoms with van der Waals surface area (Å²) < 4.78 is 0. The number of nitrogens with one attached hydrogen (secondary N) is 2. The quantitative estimate of drug-likeness (QED) is 0.204. The summed E-state index contributed by atoms with van der Waals surface area (Å²) in [5.41, 5.74) is 9.58. The van der Waals surface area contributed by atoms with Crippen molar-refractivity contribution in [1.82, 2.24) is 10.3 Å². The van der Waals surface area contributed by atoms with Crippen LogP contribution in [0.1, 0.15) is 51.7 Å². The molecule has 0 amide bonds. The van der Waals surface area contributed by atoms with Gasteiger partial charge >= 0.3 is 5.97 Å². The van der Waals surface area contributed by atoms with Gasteiger partial charge < -0.3 is 15.4 Å². The Labute approximate surface area is 275 Å². The first kappa shape index (κ1) is 32.8. The van der Waals surface area contributed by atoms with Gasteiger partial charge in [0.1, 0.15) is 0 Å². The summed E-state index contributed by atoms with van der Waals surface area (Å²) in [7, 11) is 2.96. The number of hydrogen-bond donors (Lipinski definition) is 3. The molecule has 10 nitrogen and oxygen atoms in total. The highest BCUT2D eigenvalue weighted by Crippen LogP contribution is 2.56. The number of allylic oxidation sites excluding steroid dienone is 5. The Morgan fingerprint density at radius 3 is 2.55 bits per heavy atom. The number of aliphatic imine (C=N–C) groups is 2. The molecule has 5 aliphatic rings. The predicted octanol–water partition coefficient (Wildman–Crippen LogP) is 4.62. The van der Waals surface area contributed by atoms with Crippen LogP contribution in [0, 0.1) is 30.1 Å². The number of rotatable bonds is 9. The van der Waals surface area contributed by atoms with Crippen LogP contribution in [0.25, 0.3) is 18.2 Å². The minimum Gasteiger partial charge on any atom is -0.478 e. The number of fused-ring (bicyclic) bond motifs is 9. The normalized spacial score (nSPS) is 31.7. The molecule has 0 saturated carbocycles. The Morgan fingerprint density at radius 2 is 1.85 bits per heavy atom. The van der Waals surface area contributed by atoms with E-state index in [2.05, 4.69) is 75.8 Å². The molecular formula is C37H44N4O6. The van der Waals surface area contributed by atoms with Crippen LogP contribution in [0.15, 0.2) is 74.2 Å². The highest BCUT2D eigenvalue weighted by Gasteiger charge is 2.54. The number of carboxylic acid groups (broad SMARTS) is 1. The van der Waals surface area contributed by atoms with Crippen molar-refractivity contribution in [3.8, 4) is 0 Å². The molecule has 3 N–H and O–H groups in total. The van der Waals surface area contributed by atoms with Crippen molar-refractivity contribution in [3.05, 3.63) is 86.0 Å². The first-order valence-electron chi connectivity index (χ1n) is 16.1. The average Bonchev–Trinajstić information content (AvgIpc) is 3.68. The van der Waals surface area contributed by atoms with E-state index in [1.807, 2.05) is 12.2 Å². The zero-order valence-electron chi connectivity index (χ0n) is 28.2. The summed E-state index contributed by atoms with van der Waals surface area (Å²) >= 11 is 0. The first-order valence-corrected chi connectivity index (χ1v) is 16.1. The maximum absolute atomic E-state index is 12.6. The molecule has 0 aromatic carbocycles. The number of hydrogen-bond acceptors (Lipinski definition) is 8. The largest absolute Gasteiger partial charge is 0.478 e.